The van der Waals surface area contributed by atoms with Gasteiger partial charge < -0.3 is 9.55 Å². The number of hydrogen-bond acceptors (Lipinski definition) is 3. The Labute approximate surface area is 137 Å². The number of para-hydroxylation sites is 1. The van der Waals surface area contributed by atoms with Gasteiger partial charge in [0.05, 0.1) is 17.4 Å². The Hall–Kier alpha value is -2.40. The first kappa shape index (κ1) is 14.2. The highest BCUT2D eigenvalue weighted by molar-refractivity contribution is 7.16. The number of rotatable bonds is 3. The molecule has 116 valence electrons. The lowest BCUT2D eigenvalue weighted by Crippen LogP contribution is -2.09. The molecule has 0 atom stereocenters. The first-order chi connectivity index (χ1) is 11.2. The fourth-order valence-corrected chi connectivity index (χ4v) is 4.21. The number of H-pyrrole nitrogens is 1. The standard InChI is InChI=1S/C18H17N3OS/c1-3-13-14(20-10-19-13)8-11-9-23-18-16(17(11)22)12-6-4-5-7-15(12)21(18)2/h4-7,9-10H,3,8H2,1-2H3,(H,19,20). The third-order valence-corrected chi connectivity index (χ3v) is 5.50. The predicted molar refractivity (Wildman–Crippen MR) is 95.3 cm³/mol. The van der Waals surface area contributed by atoms with E-state index in [4.69, 9.17) is 0 Å². The van der Waals surface area contributed by atoms with E-state index in [1.54, 1.807) is 17.7 Å². The molecule has 5 heteroatoms. The van der Waals surface area contributed by atoms with Crippen LogP contribution in [0.2, 0.25) is 0 Å². The molecule has 0 amide bonds. The third kappa shape index (κ3) is 2.11. The minimum atomic E-state index is 0.132. The lowest BCUT2D eigenvalue weighted by Gasteiger charge is -2.02. The normalized spacial score (nSPS) is 11.6. The molecule has 0 unspecified atom stereocenters. The Morgan fingerprint density at radius 3 is 2.96 bits per heavy atom. The number of aromatic nitrogens is 3. The smallest absolute Gasteiger partial charge is 0.193 e. The number of hydrogen-bond donors (Lipinski definition) is 1. The summed E-state index contributed by atoms with van der Waals surface area (Å²) >= 11 is 1.63. The summed E-state index contributed by atoms with van der Waals surface area (Å²) in [6, 6.07) is 8.09. The molecule has 4 rings (SSSR count). The number of imidazole rings is 1. The zero-order chi connectivity index (χ0) is 16.0. The van der Waals surface area contributed by atoms with Gasteiger partial charge in [0, 0.05) is 41.0 Å². The second-order valence-electron chi connectivity index (χ2n) is 5.70. The van der Waals surface area contributed by atoms with E-state index < -0.39 is 0 Å². The topological polar surface area (TPSA) is 50.7 Å². The summed E-state index contributed by atoms with van der Waals surface area (Å²) in [6.45, 7) is 2.08. The van der Waals surface area contributed by atoms with Gasteiger partial charge in [0.2, 0.25) is 0 Å². The van der Waals surface area contributed by atoms with E-state index >= 15 is 0 Å². The highest BCUT2D eigenvalue weighted by Crippen LogP contribution is 2.29. The van der Waals surface area contributed by atoms with Gasteiger partial charge in [0.25, 0.3) is 0 Å². The number of benzene rings is 1. The van der Waals surface area contributed by atoms with Crippen molar-refractivity contribution >= 4 is 32.5 Å². The Morgan fingerprint density at radius 2 is 2.13 bits per heavy atom. The van der Waals surface area contributed by atoms with Gasteiger partial charge in [-0.25, -0.2) is 4.98 Å². The van der Waals surface area contributed by atoms with Crippen molar-refractivity contribution in [2.75, 3.05) is 0 Å². The number of aryl methyl sites for hydroxylation is 2. The number of nitrogens with zero attached hydrogens (tertiary/aromatic N) is 2. The molecule has 0 bridgehead atoms. The van der Waals surface area contributed by atoms with E-state index in [9.17, 15) is 4.79 Å². The van der Waals surface area contributed by atoms with Gasteiger partial charge in [0.15, 0.2) is 5.43 Å². The van der Waals surface area contributed by atoms with Crippen LogP contribution in [-0.2, 0) is 19.9 Å². The van der Waals surface area contributed by atoms with Crippen molar-refractivity contribution in [1.29, 1.82) is 0 Å². The summed E-state index contributed by atoms with van der Waals surface area (Å²) < 4.78 is 2.11. The van der Waals surface area contributed by atoms with Gasteiger partial charge in [-0.15, -0.1) is 11.3 Å². The molecule has 0 saturated carbocycles. The Bertz CT molecular complexity index is 1070. The number of nitrogens with one attached hydrogen (secondary N) is 1. The van der Waals surface area contributed by atoms with Crippen molar-refractivity contribution in [1.82, 2.24) is 14.5 Å². The highest BCUT2D eigenvalue weighted by Gasteiger charge is 2.15. The fourth-order valence-electron chi connectivity index (χ4n) is 3.19. The molecule has 0 spiro atoms. The van der Waals surface area contributed by atoms with E-state index in [1.165, 1.54) is 0 Å². The summed E-state index contributed by atoms with van der Waals surface area (Å²) in [4.78, 5) is 21.6. The lowest BCUT2D eigenvalue weighted by molar-refractivity contribution is 0.997. The van der Waals surface area contributed by atoms with E-state index in [0.717, 1.165) is 44.5 Å². The highest BCUT2D eigenvalue weighted by atomic mass is 32.1. The van der Waals surface area contributed by atoms with Crippen LogP contribution in [0.1, 0.15) is 23.9 Å². The van der Waals surface area contributed by atoms with Crippen LogP contribution in [0.15, 0.2) is 40.8 Å². The average molecular weight is 323 g/mol. The van der Waals surface area contributed by atoms with E-state index in [2.05, 4.69) is 27.5 Å². The molecule has 0 radical (unpaired) electrons. The molecule has 0 saturated heterocycles. The summed E-state index contributed by atoms with van der Waals surface area (Å²) in [5.74, 6) is 0. The molecule has 0 aliphatic heterocycles. The van der Waals surface area contributed by atoms with Crippen molar-refractivity contribution in [3.05, 3.63) is 63.1 Å². The molecule has 23 heavy (non-hydrogen) atoms. The predicted octanol–water partition coefficient (Wildman–Crippen LogP) is 3.63. The molecule has 0 aliphatic rings. The lowest BCUT2D eigenvalue weighted by atomic mass is 10.1. The minimum Gasteiger partial charge on any atom is -0.348 e. The maximum Gasteiger partial charge on any atom is 0.193 e. The van der Waals surface area contributed by atoms with Crippen LogP contribution in [0.4, 0.5) is 0 Å². The van der Waals surface area contributed by atoms with Crippen LogP contribution < -0.4 is 5.43 Å². The van der Waals surface area contributed by atoms with Gasteiger partial charge in [0.1, 0.15) is 4.83 Å². The fraction of sp³-hybridized carbons (Fsp3) is 0.222. The molecule has 0 fully saturated rings. The molecular weight excluding hydrogens is 306 g/mol. The van der Waals surface area contributed by atoms with E-state index in [0.29, 0.717) is 6.42 Å². The second kappa shape index (κ2) is 5.35. The molecule has 3 aromatic heterocycles. The summed E-state index contributed by atoms with van der Waals surface area (Å²) in [5.41, 5.74) is 4.14. The van der Waals surface area contributed by atoms with Gasteiger partial charge in [-0.1, -0.05) is 25.1 Å². The van der Waals surface area contributed by atoms with E-state index in [-0.39, 0.29) is 5.43 Å². The van der Waals surface area contributed by atoms with Crippen molar-refractivity contribution < 1.29 is 0 Å². The van der Waals surface area contributed by atoms with Crippen molar-refractivity contribution in [3.8, 4) is 0 Å². The van der Waals surface area contributed by atoms with Crippen LogP contribution in [0, 0.1) is 0 Å². The van der Waals surface area contributed by atoms with Crippen LogP contribution in [0.3, 0.4) is 0 Å². The molecular formula is C18H17N3OS. The van der Waals surface area contributed by atoms with E-state index in [1.807, 2.05) is 30.6 Å². The van der Waals surface area contributed by atoms with Gasteiger partial charge in [-0.3, -0.25) is 4.79 Å². The largest absolute Gasteiger partial charge is 0.348 e. The van der Waals surface area contributed by atoms with Crippen LogP contribution in [0.5, 0.6) is 0 Å². The van der Waals surface area contributed by atoms with Crippen molar-refractivity contribution in [3.63, 3.8) is 0 Å². The maximum absolute atomic E-state index is 13.0. The van der Waals surface area contributed by atoms with Crippen molar-refractivity contribution in [2.45, 2.75) is 19.8 Å². The van der Waals surface area contributed by atoms with Crippen LogP contribution in [0.25, 0.3) is 21.1 Å². The summed E-state index contributed by atoms with van der Waals surface area (Å²) in [7, 11) is 2.02. The minimum absolute atomic E-state index is 0.132. The molecule has 1 N–H and O–H groups in total. The SMILES string of the molecule is CCc1nc[nH]c1Cc1csc2c(c1=O)c1ccccc1n2C. The maximum atomic E-state index is 13.0. The van der Waals surface area contributed by atoms with Gasteiger partial charge in [-0.2, -0.15) is 0 Å². The molecule has 4 aromatic rings. The summed E-state index contributed by atoms with van der Waals surface area (Å²) in [5, 5.41) is 3.86. The first-order valence-corrected chi connectivity index (χ1v) is 8.57. The quantitative estimate of drug-likeness (QED) is 0.626. The zero-order valence-electron chi connectivity index (χ0n) is 13.1. The number of aromatic amines is 1. The second-order valence-corrected chi connectivity index (χ2v) is 6.56. The van der Waals surface area contributed by atoms with Gasteiger partial charge >= 0.3 is 0 Å². The first-order valence-electron chi connectivity index (χ1n) is 7.69. The van der Waals surface area contributed by atoms with Crippen LogP contribution >= 0.6 is 11.3 Å². The Morgan fingerprint density at radius 1 is 1.30 bits per heavy atom. The molecule has 4 nitrogen and oxygen atoms in total. The van der Waals surface area contributed by atoms with Gasteiger partial charge in [-0.05, 0) is 12.5 Å². The molecule has 3 heterocycles. The van der Waals surface area contributed by atoms with Crippen molar-refractivity contribution in [2.24, 2.45) is 7.05 Å². The van der Waals surface area contributed by atoms with Crippen LogP contribution in [-0.4, -0.2) is 14.5 Å². The average Bonchev–Trinajstić information content (AvgIpc) is 3.14. The Balaban J connectivity index is 1.95. The Kier molecular flexibility index (Phi) is 3.31. The molecule has 1 aromatic carbocycles. The molecule has 0 aliphatic carbocycles. The monoisotopic (exact) mass is 323 g/mol. The number of fused-ring (bicyclic) bond motifs is 3. The summed E-state index contributed by atoms with van der Waals surface area (Å²) in [6.07, 6.45) is 3.18. The zero-order valence-corrected chi connectivity index (χ0v) is 13.9. The third-order valence-electron chi connectivity index (χ3n) is 4.39.